The maximum atomic E-state index is 12.1. The first kappa shape index (κ1) is 20.4. The van der Waals surface area contributed by atoms with E-state index in [1.54, 1.807) is 40.9 Å². The molecular formula is C25H21N5O3. The third kappa shape index (κ3) is 4.45. The second-order valence-electron chi connectivity index (χ2n) is 7.45. The van der Waals surface area contributed by atoms with E-state index in [-0.39, 0.29) is 19.1 Å². The molecule has 2 heterocycles. The van der Waals surface area contributed by atoms with Gasteiger partial charge in [-0.05, 0) is 43.3 Å². The first-order valence-corrected chi connectivity index (χ1v) is 10.5. The number of aryl methyl sites for hydroxylation is 1. The summed E-state index contributed by atoms with van der Waals surface area (Å²) < 4.78 is 13.1. The monoisotopic (exact) mass is 439 g/mol. The molecule has 8 heteroatoms. The lowest BCUT2D eigenvalue weighted by Crippen LogP contribution is -2.20. The van der Waals surface area contributed by atoms with E-state index in [1.165, 1.54) is 0 Å². The van der Waals surface area contributed by atoms with Gasteiger partial charge in [0.25, 0.3) is 5.91 Å². The number of carbonyl (C=O) groups excluding carboxylic acids is 1. The standard InChI is InChI=1S/C25H21N5O3/c1-17-21-9-5-6-10-22(21)25-28-27-23(30(25)29-17)15-32-20-13-11-18(12-14-20)26-24(31)16-33-19-7-3-2-4-8-19/h2-14H,15-16H2,1H3,(H,26,31). The number of carbonyl (C=O) groups is 1. The van der Waals surface area contributed by atoms with Crippen molar-refractivity contribution in [3.63, 3.8) is 0 Å². The van der Waals surface area contributed by atoms with Crippen LogP contribution in [0.25, 0.3) is 16.4 Å². The Balaban J connectivity index is 1.21. The molecule has 0 atom stereocenters. The Morgan fingerprint density at radius 3 is 2.33 bits per heavy atom. The number of fused-ring (bicyclic) bond motifs is 3. The van der Waals surface area contributed by atoms with Crippen LogP contribution in [0, 0.1) is 6.92 Å². The van der Waals surface area contributed by atoms with Crippen LogP contribution in [0.4, 0.5) is 5.69 Å². The Hall–Kier alpha value is -4.46. The molecule has 164 valence electrons. The number of para-hydroxylation sites is 1. The number of hydrogen-bond acceptors (Lipinski definition) is 6. The lowest BCUT2D eigenvalue weighted by molar-refractivity contribution is -0.118. The molecule has 0 saturated carbocycles. The molecule has 0 aliphatic heterocycles. The molecule has 33 heavy (non-hydrogen) atoms. The van der Waals surface area contributed by atoms with E-state index >= 15 is 0 Å². The summed E-state index contributed by atoms with van der Waals surface area (Å²) in [4.78, 5) is 12.1. The van der Waals surface area contributed by atoms with Crippen molar-refractivity contribution in [3.05, 3.63) is 90.4 Å². The van der Waals surface area contributed by atoms with E-state index in [0.29, 0.717) is 28.7 Å². The summed E-state index contributed by atoms with van der Waals surface area (Å²) in [6.45, 7) is 2.11. The molecule has 8 nitrogen and oxygen atoms in total. The molecule has 1 N–H and O–H groups in total. The Labute approximate surface area is 189 Å². The van der Waals surface area contributed by atoms with Crippen LogP contribution in [0.15, 0.2) is 78.9 Å². The van der Waals surface area contributed by atoms with E-state index in [1.807, 2.05) is 49.4 Å². The van der Waals surface area contributed by atoms with E-state index in [0.717, 1.165) is 16.5 Å². The molecule has 0 saturated heterocycles. The second kappa shape index (κ2) is 8.96. The highest BCUT2D eigenvalue weighted by atomic mass is 16.5. The normalized spacial score (nSPS) is 10.9. The minimum atomic E-state index is -0.240. The average Bonchev–Trinajstić information content (AvgIpc) is 3.26. The minimum absolute atomic E-state index is 0.0662. The molecule has 0 radical (unpaired) electrons. The summed E-state index contributed by atoms with van der Waals surface area (Å²) in [6.07, 6.45) is 0. The highest BCUT2D eigenvalue weighted by molar-refractivity contribution is 5.94. The first-order chi connectivity index (χ1) is 16.2. The first-order valence-electron chi connectivity index (χ1n) is 10.5. The summed E-state index contributed by atoms with van der Waals surface area (Å²) in [5.41, 5.74) is 2.25. The molecule has 0 unspecified atom stereocenters. The highest BCUT2D eigenvalue weighted by Crippen LogP contribution is 2.22. The van der Waals surface area contributed by atoms with Crippen LogP contribution in [0.2, 0.25) is 0 Å². The van der Waals surface area contributed by atoms with Crippen LogP contribution in [0.1, 0.15) is 11.5 Å². The summed E-state index contributed by atoms with van der Waals surface area (Å²) >= 11 is 0. The summed E-state index contributed by atoms with van der Waals surface area (Å²) in [6, 6.07) is 24.3. The number of rotatable bonds is 7. The Kier molecular flexibility index (Phi) is 5.55. The van der Waals surface area contributed by atoms with Gasteiger partial charge in [0.2, 0.25) is 0 Å². The molecule has 3 aromatic carbocycles. The van der Waals surface area contributed by atoms with Crippen LogP contribution in [0.5, 0.6) is 11.5 Å². The molecule has 0 aliphatic rings. The van der Waals surface area contributed by atoms with Gasteiger partial charge >= 0.3 is 0 Å². The van der Waals surface area contributed by atoms with Crippen molar-refractivity contribution >= 4 is 28.0 Å². The predicted octanol–water partition coefficient (Wildman–Crippen LogP) is 4.18. The molecule has 2 aromatic heterocycles. The molecule has 0 fully saturated rings. The maximum Gasteiger partial charge on any atom is 0.262 e. The average molecular weight is 439 g/mol. The Morgan fingerprint density at radius 2 is 1.55 bits per heavy atom. The molecule has 0 spiro atoms. The van der Waals surface area contributed by atoms with Gasteiger partial charge in [0, 0.05) is 16.5 Å². The number of ether oxygens (including phenoxy) is 2. The highest BCUT2D eigenvalue weighted by Gasteiger charge is 2.13. The van der Waals surface area contributed by atoms with E-state index < -0.39 is 0 Å². The van der Waals surface area contributed by atoms with Crippen molar-refractivity contribution in [2.45, 2.75) is 13.5 Å². The van der Waals surface area contributed by atoms with Gasteiger partial charge in [0.05, 0.1) is 5.69 Å². The minimum Gasteiger partial charge on any atom is -0.486 e. The Morgan fingerprint density at radius 1 is 0.848 bits per heavy atom. The predicted molar refractivity (Wildman–Crippen MR) is 124 cm³/mol. The fraction of sp³-hybridized carbons (Fsp3) is 0.120. The van der Waals surface area contributed by atoms with Crippen molar-refractivity contribution in [2.75, 3.05) is 11.9 Å². The molecule has 5 aromatic rings. The molecule has 0 aliphatic carbocycles. The van der Waals surface area contributed by atoms with Crippen molar-refractivity contribution < 1.29 is 14.3 Å². The van der Waals surface area contributed by atoms with Gasteiger partial charge in [-0.15, -0.1) is 10.2 Å². The van der Waals surface area contributed by atoms with E-state index in [4.69, 9.17) is 9.47 Å². The van der Waals surface area contributed by atoms with Gasteiger partial charge in [0.15, 0.2) is 18.1 Å². The number of aromatic nitrogens is 4. The van der Waals surface area contributed by atoms with Gasteiger partial charge in [-0.1, -0.05) is 42.5 Å². The van der Waals surface area contributed by atoms with Crippen molar-refractivity contribution in [1.29, 1.82) is 0 Å². The van der Waals surface area contributed by atoms with Crippen LogP contribution in [-0.2, 0) is 11.4 Å². The third-order valence-electron chi connectivity index (χ3n) is 5.13. The SMILES string of the molecule is Cc1nn2c(COc3ccc(NC(=O)COc4ccccc4)cc3)nnc2c2ccccc12. The topological polar surface area (TPSA) is 90.6 Å². The number of benzene rings is 3. The molecular weight excluding hydrogens is 418 g/mol. The molecule has 1 amide bonds. The number of nitrogens with zero attached hydrogens (tertiary/aromatic N) is 4. The van der Waals surface area contributed by atoms with E-state index in [9.17, 15) is 4.79 Å². The zero-order valence-corrected chi connectivity index (χ0v) is 17.9. The van der Waals surface area contributed by atoms with Crippen LogP contribution in [-0.4, -0.2) is 32.3 Å². The zero-order chi connectivity index (χ0) is 22.6. The van der Waals surface area contributed by atoms with Gasteiger partial charge in [0.1, 0.15) is 18.1 Å². The fourth-order valence-electron chi connectivity index (χ4n) is 3.52. The number of hydrogen-bond donors (Lipinski definition) is 1. The van der Waals surface area contributed by atoms with Crippen LogP contribution in [0.3, 0.4) is 0 Å². The smallest absolute Gasteiger partial charge is 0.262 e. The Bertz CT molecular complexity index is 1420. The second-order valence-corrected chi connectivity index (χ2v) is 7.45. The summed E-state index contributed by atoms with van der Waals surface area (Å²) in [7, 11) is 0. The lowest BCUT2D eigenvalue weighted by atomic mass is 10.1. The fourth-order valence-corrected chi connectivity index (χ4v) is 3.52. The van der Waals surface area contributed by atoms with Crippen molar-refractivity contribution in [1.82, 2.24) is 19.8 Å². The summed E-state index contributed by atoms with van der Waals surface area (Å²) in [5.74, 6) is 1.66. The van der Waals surface area contributed by atoms with Crippen molar-refractivity contribution in [3.8, 4) is 11.5 Å². The largest absolute Gasteiger partial charge is 0.486 e. The lowest BCUT2D eigenvalue weighted by Gasteiger charge is -2.09. The number of anilines is 1. The van der Waals surface area contributed by atoms with Crippen LogP contribution >= 0.6 is 0 Å². The van der Waals surface area contributed by atoms with Gasteiger partial charge < -0.3 is 14.8 Å². The maximum absolute atomic E-state index is 12.1. The van der Waals surface area contributed by atoms with Gasteiger partial charge in [-0.25, -0.2) is 0 Å². The molecule has 0 bridgehead atoms. The third-order valence-corrected chi connectivity index (χ3v) is 5.13. The van der Waals surface area contributed by atoms with Crippen LogP contribution < -0.4 is 14.8 Å². The van der Waals surface area contributed by atoms with Gasteiger partial charge in [-0.3, -0.25) is 4.79 Å². The molecule has 5 rings (SSSR count). The summed E-state index contributed by atoms with van der Waals surface area (Å²) in [5, 5.41) is 18.0. The van der Waals surface area contributed by atoms with Crippen molar-refractivity contribution in [2.24, 2.45) is 0 Å². The number of nitrogens with one attached hydrogen (secondary N) is 1. The van der Waals surface area contributed by atoms with Gasteiger partial charge in [-0.2, -0.15) is 9.61 Å². The number of amides is 1. The quantitative estimate of drug-likeness (QED) is 0.409. The zero-order valence-electron chi connectivity index (χ0n) is 17.9. The van der Waals surface area contributed by atoms with E-state index in [2.05, 4.69) is 20.6 Å².